The smallest absolute Gasteiger partial charge is 0.321 e. The molecular weight excluding hydrogens is 1150 g/mol. The van der Waals surface area contributed by atoms with Crippen LogP contribution in [0.15, 0.2) is 30.3 Å². The Bertz CT molecular complexity index is 2490. The second-order valence-electron chi connectivity index (χ2n) is 23.0. The fraction of sp³-hybridized carbons (Fsp3) is 0.695. The van der Waals surface area contributed by atoms with E-state index in [2.05, 4.69) is 42.5 Å². The number of rotatable bonds is 29. The van der Waals surface area contributed by atoms with Crippen molar-refractivity contribution in [3.63, 3.8) is 0 Å². The summed E-state index contributed by atoms with van der Waals surface area (Å²) in [6.07, 6.45) is -4.72. The first-order chi connectivity index (χ1) is 41.8. The molecule has 4 unspecified atom stereocenters. The number of esters is 2. The van der Waals surface area contributed by atoms with E-state index in [0.29, 0.717) is 12.0 Å². The minimum Gasteiger partial charge on any atom is -0.462 e. The van der Waals surface area contributed by atoms with Crippen molar-refractivity contribution in [2.75, 3.05) is 39.3 Å². The summed E-state index contributed by atoms with van der Waals surface area (Å²) in [4.78, 5) is 168. The molecule has 2 aliphatic heterocycles. The number of unbranched alkanes of at least 4 members (excludes halogenated alkanes) is 2. The summed E-state index contributed by atoms with van der Waals surface area (Å²) in [5.74, 6) is -14.9. The van der Waals surface area contributed by atoms with E-state index in [1.807, 2.05) is 6.92 Å². The zero-order valence-corrected chi connectivity index (χ0v) is 51.4. The standard InChI is InChI=1S/C59H97N13O16/c1-6-7-9-14-38-31-39(58(85)87-38)59(86)88-47(19-25-64)55(82)72-49(34(5)74)57(84)67-41(17-23-62)46(76)30-37-20-26-65-56(83)48(33(4)73)71-51(78)36(15-21-60)29-45(75)40(16-22-61)66-53(80)43(27-32(2)3)69-54(81)44(28-35-12-10-8-11-13-35)70-52(79)42(18-24-63)68-50(37)77/h8,10-13,32-34,36-44,47-49,73-74H,6-7,9,14-31,60-64H2,1-5H3,(H,65,83)(H,66,80)(H,67,84)(H,68,77)(H,69,81)(H,70,79)(H,71,78)(H,72,82)/t33?,34?,36-,37-,38?,39?,40+,41+,42+,43+,44-,47+,48+,49+/m1/s1. The summed E-state index contributed by atoms with van der Waals surface area (Å²) in [5, 5.41) is 42.2. The van der Waals surface area contributed by atoms with Gasteiger partial charge in [-0.05, 0) is 109 Å². The van der Waals surface area contributed by atoms with Gasteiger partial charge in [0.2, 0.25) is 41.4 Å². The lowest BCUT2D eigenvalue weighted by Crippen LogP contribution is -2.59. The van der Waals surface area contributed by atoms with E-state index in [1.165, 1.54) is 6.92 Å². The number of benzene rings is 1. The number of Topliss-reactive ketones (excluding diaryl/α,β-unsaturated/α-hetero) is 2. The van der Waals surface area contributed by atoms with Crippen LogP contribution in [-0.2, 0) is 73.4 Å². The van der Waals surface area contributed by atoms with Crippen LogP contribution in [0.5, 0.6) is 0 Å². The average Bonchev–Trinajstić information content (AvgIpc) is 3.70. The van der Waals surface area contributed by atoms with Crippen molar-refractivity contribution < 1.29 is 77.2 Å². The Labute approximate surface area is 514 Å². The van der Waals surface area contributed by atoms with E-state index in [-0.39, 0.29) is 96.4 Å². The molecule has 2 saturated heterocycles. The number of aliphatic hydroxyl groups is 2. The lowest BCUT2D eigenvalue weighted by atomic mass is 9.92. The van der Waals surface area contributed by atoms with Gasteiger partial charge in [0.1, 0.15) is 36.3 Å². The molecule has 2 heterocycles. The molecule has 494 valence electrons. The molecule has 1 aromatic rings. The van der Waals surface area contributed by atoms with Crippen molar-refractivity contribution in [2.45, 2.75) is 198 Å². The van der Waals surface area contributed by atoms with Gasteiger partial charge >= 0.3 is 11.9 Å². The van der Waals surface area contributed by atoms with Crippen LogP contribution in [0.25, 0.3) is 0 Å². The van der Waals surface area contributed by atoms with Crippen LogP contribution < -0.4 is 71.2 Å². The normalized spacial score (nSPS) is 24.8. The minimum absolute atomic E-state index is 0.0354. The third-order valence-corrected chi connectivity index (χ3v) is 15.2. The first-order valence-electron chi connectivity index (χ1n) is 30.6. The molecule has 0 aromatic heterocycles. The van der Waals surface area contributed by atoms with Crippen LogP contribution >= 0.6 is 0 Å². The summed E-state index contributed by atoms with van der Waals surface area (Å²) < 4.78 is 10.8. The number of ketones is 2. The highest BCUT2D eigenvalue weighted by molar-refractivity contribution is 6.00. The molecule has 20 N–H and O–H groups in total. The van der Waals surface area contributed by atoms with Crippen LogP contribution in [0.3, 0.4) is 0 Å². The fourth-order valence-electron chi connectivity index (χ4n) is 10.2. The molecule has 88 heavy (non-hydrogen) atoms. The molecule has 29 heteroatoms. The van der Waals surface area contributed by atoms with Crippen molar-refractivity contribution >= 4 is 70.8 Å². The minimum atomic E-state index is -1.80. The van der Waals surface area contributed by atoms with Crippen molar-refractivity contribution in [2.24, 2.45) is 52.3 Å². The molecule has 1 aromatic carbocycles. The maximum absolute atomic E-state index is 14.6. The van der Waals surface area contributed by atoms with E-state index >= 15 is 0 Å². The van der Waals surface area contributed by atoms with Crippen LogP contribution in [0.1, 0.15) is 130 Å². The Morgan fingerprint density at radius 2 is 1.25 bits per heavy atom. The van der Waals surface area contributed by atoms with Crippen molar-refractivity contribution in [1.29, 1.82) is 0 Å². The first-order valence-corrected chi connectivity index (χ1v) is 30.6. The highest BCUT2D eigenvalue weighted by atomic mass is 16.6. The van der Waals surface area contributed by atoms with Gasteiger partial charge < -0.3 is 90.9 Å². The fourth-order valence-corrected chi connectivity index (χ4v) is 10.2. The van der Waals surface area contributed by atoms with Gasteiger partial charge in [0.25, 0.3) is 5.91 Å². The van der Waals surface area contributed by atoms with Crippen LogP contribution in [-0.4, -0.2) is 187 Å². The second kappa shape index (κ2) is 39.1. The van der Waals surface area contributed by atoms with Gasteiger partial charge in [-0.25, -0.2) is 0 Å². The maximum atomic E-state index is 14.6. The number of amides is 8. The molecule has 0 spiro atoms. The van der Waals surface area contributed by atoms with Gasteiger partial charge in [0, 0.05) is 50.5 Å². The molecule has 3 rings (SSSR count). The van der Waals surface area contributed by atoms with Crippen molar-refractivity contribution in [3.05, 3.63) is 35.9 Å². The van der Waals surface area contributed by atoms with Crippen LogP contribution in [0.4, 0.5) is 0 Å². The predicted octanol–water partition coefficient (Wildman–Crippen LogP) is -3.73. The lowest BCUT2D eigenvalue weighted by Gasteiger charge is -2.28. The first kappa shape index (κ1) is 75.2. The topological polar surface area (TPSA) is 490 Å². The summed E-state index contributed by atoms with van der Waals surface area (Å²) in [5.41, 5.74) is 30.0. The summed E-state index contributed by atoms with van der Waals surface area (Å²) in [7, 11) is 0. The maximum Gasteiger partial charge on any atom is 0.321 e. The van der Waals surface area contributed by atoms with Crippen LogP contribution in [0, 0.1) is 23.7 Å². The Morgan fingerprint density at radius 3 is 1.85 bits per heavy atom. The molecule has 8 amide bonds. The summed E-state index contributed by atoms with van der Waals surface area (Å²) in [6, 6.07) is -1.81. The van der Waals surface area contributed by atoms with E-state index in [0.717, 1.165) is 26.2 Å². The third-order valence-electron chi connectivity index (χ3n) is 15.2. The molecule has 2 fully saturated rings. The summed E-state index contributed by atoms with van der Waals surface area (Å²) in [6.45, 7) is 6.78. The van der Waals surface area contributed by atoms with Crippen LogP contribution in [0.2, 0.25) is 0 Å². The number of aliphatic hydroxyl groups excluding tert-OH is 2. The van der Waals surface area contributed by atoms with Gasteiger partial charge in [-0.1, -0.05) is 63.9 Å². The van der Waals surface area contributed by atoms with Crippen molar-refractivity contribution in [3.8, 4) is 0 Å². The number of nitrogens with one attached hydrogen (secondary N) is 8. The van der Waals surface area contributed by atoms with Gasteiger partial charge in [0.05, 0.1) is 24.3 Å². The van der Waals surface area contributed by atoms with Gasteiger partial charge in [-0.15, -0.1) is 0 Å². The number of hydrogen-bond donors (Lipinski definition) is 15. The van der Waals surface area contributed by atoms with E-state index < -0.39 is 175 Å². The molecule has 0 aliphatic carbocycles. The highest BCUT2D eigenvalue weighted by Crippen LogP contribution is 2.27. The molecule has 0 bridgehead atoms. The molecule has 0 saturated carbocycles. The number of cyclic esters (lactones) is 1. The van der Waals surface area contributed by atoms with E-state index in [1.54, 1.807) is 44.2 Å². The van der Waals surface area contributed by atoms with Gasteiger partial charge in [0.15, 0.2) is 23.6 Å². The number of ether oxygens (including phenoxy) is 2. The van der Waals surface area contributed by atoms with Gasteiger partial charge in [-0.3, -0.25) is 57.5 Å². The number of carbonyl (C=O) groups is 12. The Morgan fingerprint density at radius 1 is 0.659 bits per heavy atom. The molecule has 2 aliphatic rings. The molecule has 0 radical (unpaired) electrons. The number of nitrogens with two attached hydrogens (primary N) is 5. The zero-order valence-electron chi connectivity index (χ0n) is 51.4. The molecule has 14 atom stereocenters. The largest absolute Gasteiger partial charge is 0.462 e. The quantitative estimate of drug-likeness (QED) is 0.0208. The average molecular weight is 1240 g/mol. The Kier molecular flexibility index (Phi) is 33.4. The zero-order chi connectivity index (χ0) is 65.6. The third kappa shape index (κ3) is 24.9. The van der Waals surface area contributed by atoms with E-state index in [4.69, 9.17) is 38.1 Å². The molecule has 29 nitrogen and oxygen atoms in total. The lowest BCUT2D eigenvalue weighted by molar-refractivity contribution is -0.164. The second-order valence-corrected chi connectivity index (χ2v) is 23.0. The Hall–Kier alpha value is -7.02. The van der Waals surface area contributed by atoms with Crippen molar-refractivity contribution in [1.82, 2.24) is 42.5 Å². The summed E-state index contributed by atoms with van der Waals surface area (Å²) >= 11 is 0. The number of hydrogen-bond acceptors (Lipinski definition) is 21. The number of carbonyl (C=O) groups excluding carboxylic acids is 12. The van der Waals surface area contributed by atoms with E-state index in [9.17, 15) is 67.7 Å². The SMILES string of the molecule is CCCCCC1CC(C(=O)O[C@@H](CCN)C(=O)N[C@H](C(=O)N[C@@H](CCN)C(=O)C[C@H]2CCNC(=O)[C@H](C(C)O)NC(=O)[C@H](CCN)CC(=O)[C@H](CCN)NC(=O)[C@H](CC(C)C)NC(=O)[C@@H](Cc3ccccc3)NC(=O)[C@H](CCN)NC2=O)C(C)O)C(=O)O1. The Balaban J connectivity index is 2.06. The monoisotopic (exact) mass is 1240 g/mol. The highest BCUT2D eigenvalue weighted by Gasteiger charge is 2.43. The van der Waals surface area contributed by atoms with Gasteiger partial charge in [-0.2, -0.15) is 0 Å². The molecular formula is C59H97N13O16. The predicted molar refractivity (Wildman–Crippen MR) is 321 cm³/mol.